The highest BCUT2D eigenvalue weighted by atomic mass is 16.5. The van der Waals surface area contributed by atoms with E-state index in [-0.39, 0.29) is 24.9 Å². The molecular weight excluding hydrogens is 731 g/mol. The number of rotatable bonds is 47. The predicted molar refractivity (Wildman–Crippen MR) is 255 cm³/mol. The number of ether oxygens (including phenoxy) is 1. The van der Waals surface area contributed by atoms with E-state index < -0.39 is 18.2 Å². The summed E-state index contributed by atoms with van der Waals surface area (Å²) in [5.74, 6) is -0.512. The quantitative estimate of drug-likeness (QED) is 0.0322. The Morgan fingerprint density at radius 3 is 1.24 bits per heavy atom. The fourth-order valence-electron chi connectivity index (χ4n) is 8.01. The molecule has 1 amide bonds. The molecule has 0 aliphatic rings. The third-order valence-corrected chi connectivity index (χ3v) is 12.0. The summed E-state index contributed by atoms with van der Waals surface area (Å²) in [7, 11) is 0. The van der Waals surface area contributed by atoms with Crippen molar-refractivity contribution in [2.24, 2.45) is 0 Å². The minimum atomic E-state index is -0.793. The number of carbonyl (C=O) groups excluding carboxylic acids is 2. The Kier molecular flexibility index (Phi) is 46.1. The molecule has 3 unspecified atom stereocenters. The lowest BCUT2D eigenvalue weighted by Crippen LogP contribution is -2.46. The summed E-state index contributed by atoms with van der Waals surface area (Å²) in [5.41, 5.74) is 0. The molecule has 0 aromatic heterocycles. The van der Waals surface area contributed by atoms with Crippen LogP contribution in [0.4, 0.5) is 0 Å². The van der Waals surface area contributed by atoms with E-state index in [1.807, 2.05) is 0 Å². The van der Waals surface area contributed by atoms with Gasteiger partial charge in [-0.3, -0.25) is 9.59 Å². The molecule has 0 saturated heterocycles. The Labute approximate surface area is 367 Å². The van der Waals surface area contributed by atoms with Crippen LogP contribution in [0, 0.1) is 0 Å². The lowest BCUT2D eigenvalue weighted by Gasteiger charge is -2.24. The largest absolute Gasteiger partial charge is 0.462 e. The normalized spacial score (nSPS) is 13.4. The van der Waals surface area contributed by atoms with Crippen LogP contribution in [0.5, 0.6) is 0 Å². The molecule has 0 aliphatic carbocycles. The van der Waals surface area contributed by atoms with E-state index in [1.54, 1.807) is 0 Å². The Hall–Kier alpha value is -1.66. The van der Waals surface area contributed by atoms with E-state index in [0.29, 0.717) is 19.3 Å². The van der Waals surface area contributed by atoms with E-state index >= 15 is 0 Å². The summed E-state index contributed by atoms with van der Waals surface area (Å²) in [6.45, 7) is 6.47. The van der Waals surface area contributed by atoms with Gasteiger partial charge in [0.05, 0.1) is 25.2 Å². The van der Waals surface area contributed by atoms with Crippen molar-refractivity contribution in [2.75, 3.05) is 6.61 Å². The number of unbranched alkanes of at least 4 members (excludes halogenated alkanes) is 31. The molecule has 0 aromatic rings. The molecular formula is C53H101NO5. The molecule has 3 atom stereocenters. The van der Waals surface area contributed by atoms with Gasteiger partial charge in [0, 0.05) is 6.42 Å². The molecule has 0 saturated carbocycles. The number of amides is 1. The molecule has 348 valence electrons. The second kappa shape index (κ2) is 47.4. The minimum Gasteiger partial charge on any atom is -0.462 e. The van der Waals surface area contributed by atoms with Crippen LogP contribution in [-0.2, 0) is 14.3 Å². The molecule has 0 rings (SSSR count). The van der Waals surface area contributed by atoms with Gasteiger partial charge in [-0.2, -0.15) is 0 Å². The maximum atomic E-state index is 13.2. The van der Waals surface area contributed by atoms with E-state index in [1.165, 1.54) is 167 Å². The van der Waals surface area contributed by atoms with Crippen molar-refractivity contribution in [1.29, 1.82) is 0 Å². The van der Waals surface area contributed by atoms with Crippen LogP contribution in [0.15, 0.2) is 24.3 Å². The van der Waals surface area contributed by atoms with Gasteiger partial charge in [-0.15, -0.1) is 0 Å². The second-order valence-electron chi connectivity index (χ2n) is 17.9. The van der Waals surface area contributed by atoms with Crippen LogP contribution >= 0.6 is 0 Å². The number of aliphatic hydroxyl groups excluding tert-OH is 2. The molecule has 59 heavy (non-hydrogen) atoms. The highest BCUT2D eigenvalue weighted by molar-refractivity contribution is 5.77. The van der Waals surface area contributed by atoms with Crippen LogP contribution in [-0.4, -0.2) is 46.9 Å². The van der Waals surface area contributed by atoms with Gasteiger partial charge in [-0.05, 0) is 70.6 Å². The van der Waals surface area contributed by atoms with Gasteiger partial charge in [-0.1, -0.05) is 218 Å². The highest BCUT2D eigenvalue weighted by Crippen LogP contribution is 2.17. The number of esters is 1. The Morgan fingerprint density at radius 1 is 0.475 bits per heavy atom. The summed E-state index contributed by atoms with van der Waals surface area (Å²) in [6.07, 6.45) is 53.9. The molecule has 0 radical (unpaired) electrons. The molecule has 6 nitrogen and oxygen atoms in total. The smallest absolute Gasteiger partial charge is 0.306 e. The summed E-state index contributed by atoms with van der Waals surface area (Å²) in [6, 6.07) is -0.708. The van der Waals surface area contributed by atoms with E-state index in [2.05, 4.69) is 50.4 Å². The van der Waals surface area contributed by atoms with E-state index in [9.17, 15) is 19.8 Å². The fraction of sp³-hybridized carbons (Fsp3) is 0.887. The molecule has 0 heterocycles. The third-order valence-electron chi connectivity index (χ3n) is 12.0. The number of hydrogen-bond donors (Lipinski definition) is 3. The number of carbonyl (C=O) groups is 2. The van der Waals surface area contributed by atoms with Crippen molar-refractivity contribution >= 4 is 11.9 Å². The minimum absolute atomic E-state index is 0.0544. The topological polar surface area (TPSA) is 95.9 Å². The van der Waals surface area contributed by atoms with E-state index in [0.717, 1.165) is 64.2 Å². The summed E-state index contributed by atoms with van der Waals surface area (Å²) >= 11 is 0. The first kappa shape index (κ1) is 57.3. The van der Waals surface area contributed by atoms with Crippen molar-refractivity contribution in [3.8, 4) is 0 Å². The second-order valence-corrected chi connectivity index (χ2v) is 17.9. The predicted octanol–water partition coefficient (Wildman–Crippen LogP) is 15.5. The van der Waals surface area contributed by atoms with Crippen LogP contribution in [0.2, 0.25) is 0 Å². The number of aliphatic hydroxyl groups is 2. The Balaban J connectivity index is 4.51. The average molecular weight is 832 g/mol. The number of hydrogen-bond acceptors (Lipinski definition) is 5. The molecule has 3 N–H and O–H groups in total. The van der Waals surface area contributed by atoms with Crippen LogP contribution < -0.4 is 5.32 Å². The molecule has 0 aliphatic heterocycles. The number of nitrogens with one attached hydrogen (secondary N) is 1. The Morgan fingerprint density at radius 2 is 0.831 bits per heavy atom. The van der Waals surface area contributed by atoms with Crippen LogP contribution in [0.3, 0.4) is 0 Å². The molecule has 6 heteroatoms. The van der Waals surface area contributed by atoms with E-state index in [4.69, 9.17) is 4.74 Å². The van der Waals surface area contributed by atoms with Gasteiger partial charge in [0.15, 0.2) is 0 Å². The zero-order valence-electron chi connectivity index (χ0n) is 39.7. The summed E-state index contributed by atoms with van der Waals surface area (Å²) < 4.78 is 5.90. The van der Waals surface area contributed by atoms with Crippen molar-refractivity contribution in [3.05, 3.63) is 24.3 Å². The third kappa shape index (κ3) is 42.8. The lowest BCUT2D eigenvalue weighted by molar-refractivity contribution is -0.151. The maximum Gasteiger partial charge on any atom is 0.306 e. The molecule has 0 spiro atoms. The zero-order valence-corrected chi connectivity index (χ0v) is 39.7. The maximum absolute atomic E-state index is 13.2. The van der Waals surface area contributed by atoms with Crippen molar-refractivity contribution in [2.45, 2.75) is 296 Å². The molecule has 0 bridgehead atoms. The van der Waals surface area contributed by atoms with Crippen molar-refractivity contribution < 1.29 is 24.5 Å². The first-order valence-electron chi connectivity index (χ1n) is 26.1. The fourth-order valence-corrected chi connectivity index (χ4v) is 8.01. The number of allylic oxidation sites excluding steroid dienone is 4. The van der Waals surface area contributed by atoms with Gasteiger partial charge in [0.25, 0.3) is 0 Å². The van der Waals surface area contributed by atoms with Gasteiger partial charge in [0.2, 0.25) is 5.91 Å². The van der Waals surface area contributed by atoms with Gasteiger partial charge in [0.1, 0.15) is 6.10 Å². The van der Waals surface area contributed by atoms with Crippen LogP contribution in [0.1, 0.15) is 278 Å². The van der Waals surface area contributed by atoms with Crippen LogP contribution in [0.25, 0.3) is 0 Å². The summed E-state index contributed by atoms with van der Waals surface area (Å²) in [4.78, 5) is 26.1. The Bertz CT molecular complexity index is 935. The SMILES string of the molecule is CCCCCCCC/C=C\CCCCCC(=O)OC(CCC/C=C\CCCCCCCC)CC(=O)NC(CO)C(O)CCCCCCCCCCCCCCCCCC. The van der Waals surface area contributed by atoms with Gasteiger partial charge < -0.3 is 20.3 Å². The highest BCUT2D eigenvalue weighted by Gasteiger charge is 2.24. The average Bonchev–Trinajstić information content (AvgIpc) is 3.23. The lowest BCUT2D eigenvalue weighted by atomic mass is 10.0. The van der Waals surface area contributed by atoms with Gasteiger partial charge >= 0.3 is 5.97 Å². The first-order chi connectivity index (χ1) is 29.0. The molecule has 0 aromatic carbocycles. The standard InChI is InChI=1S/C53H101NO5/c1-4-7-10-13-16-19-22-24-25-26-28-30-33-36-39-42-45-51(56)50(48-55)54-52(57)47-49(44-41-38-35-32-29-21-18-15-12-9-6-3)59-53(58)46-43-40-37-34-31-27-23-20-17-14-11-8-5-2/h27,31-32,35,49-51,55-56H,4-26,28-30,33-34,36-48H2,1-3H3,(H,54,57)/b31-27-,35-32-. The zero-order chi connectivity index (χ0) is 43.1. The van der Waals surface area contributed by atoms with Gasteiger partial charge in [-0.25, -0.2) is 0 Å². The monoisotopic (exact) mass is 832 g/mol. The summed E-state index contributed by atoms with van der Waals surface area (Å²) in [5, 5.41) is 23.8. The molecule has 0 fully saturated rings. The first-order valence-corrected chi connectivity index (χ1v) is 26.1. The van der Waals surface area contributed by atoms with Crippen molar-refractivity contribution in [3.63, 3.8) is 0 Å². The van der Waals surface area contributed by atoms with Crippen molar-refractivity contribution in [1.82, 2.24) is 5.32 Å².